The summed E-state index contributed by atoms with van der Waals surface area (Å²) in [6.07, 6.45) is 5.52. The van der Waals surface area contributed by atoms with Crippen LogP contribution in [-0.4, -0.2) is 22.4 Å². The second-order valence-electron chi connectivity index (χ2n) is 9.22. The normalized spacial score (nSPS) is 10.7. The first kappa shape index (κ1) is 24.8. The Hall–Kier alpha value is -4.89. The lowest BCUT2D eigenvalue weighted by atomic mass is 9.92. The number of carbonyl (C=O) groups excluding carboxylic acids is 1. The number of aromatic amines is 1. The number of rotatable bonds is 10. The van der Waals surface area contributed by atoms with Crippen LogP contribution in [0.4, 0.5) is 5.69 Å². The summed E-state index contributed by atoms with van der Waals surface area (Å²) in [5.41, 5.74) is 7.04. The highest BCUT2D eigenvalue weighted by Crippen LogP contribution is 2.31. The molecule has 0 aliphatic rings. The maximum absolute atomic E-state index is 13.1. The zero-order valence-corrected chi connectivity index (χ0v) is 21.1. The predicted octanol–water partition coefficient (Wildman–Crippen LogP) is 6.01. The molecule has 0 fully saturated rings. The molecule has 2 aromatic heterocycles. The minimum Gasteiger partial charge on any atom is -0.384 e. The molecule has 6 heteroatoms. The van der Waals surface area contributed by atoms with Crippen LogP contribution >= 0.6 is 0 Å². The van der Waals surface area contributed by atoms with Crippen LogP contribution in [0.3, 0.4) is 0 Å². The van der Waals surface area contributed by atoms with Gasteiger partial charge in [-0.2, -0.15) is 5.26 Å². The molecule has 0 aliphatic heterocycles. The Morgan fingerprint density at radius 2 is 1.76 bits per heavy atom. The summed E-state index contributed by atoms with van der Waals surface area (Å²) in [5, 5.41) is 17.6. The first-order valence-electron chi connectivity index (χ1n) is 12.8. The number of nitriles is 1. The van der Waals surface area contributed by atoms with Crippen molar-refractivity contribution in [3.8, 4) is 17.2 Å². The number of hydrogen-bond donors (Lipinski definition) is 3. The third-order valence-corrected chi connectivity index (χ3v) is 6.60. The van der Waals surface area contributed by atoms with Gasteiger partial charge in [0.25, 0.3) is 0 Å². The molecule has 0 saturated heterocycles. The number of anilines is 1. The molecule has 188 valence electrons. The molecule has 0 spiro atoms. The molecule has 0 radical (unpaired) electrons. The monoisotopic (exact) mass is 499 g/mol. The van der Waals surface area contributed by atoms with E-state index in [0.29, 0.717) is 12.1 Å². The topological polar surface area (TPSA) is 93.6 Å². The lowest BCUT2D eigenvalue weighted by Crippen LogP contribution is -2.25. The Morgan fingerprint density at radius 1 is 0.974 bits per heavy atom. The minimum atomic E-state index is -0.142. The van der Waals surface area contributed by atoms with Gasteiger partial charge >= 0.3 is 0 Å². The fraction of sp³-hybridized carbons (Fsp3) is 0.156. The average molecular weight is 500 g/mol. The first-order valence-corrected chi connectivity index (χ1v) is 12.8. The number of benzene rings is 3. The van der Waals surface area contributed by atoms with Crippen molar-refractivity contribution in [3.63, 3.8) is 0 Å². The Kier molecular flexibility index (Phi) is 7.76. The number of pyridine rings is 1. The molecule has 2 heterocycles. The first-order chi connectivity index (χ1) is 18.7. The Balaban J connectivity index is 1.33. The molecule has 3 N–H and O–H groups in total. The second-order valence-corrected chi connectivity index (χ2v) is 9.22. The zero-order chi connectivity index (χ0) is 26.2. The summed E-state index contributed by atoms with van der Waals surface area (Å²) in [5.74, 6) is -0.142. The molecular weight excluding hydrogens is 470 g/mol. The van der Waals surface area contributed by atoms with Crippen molar-refractivity contribution in [3.05, 3.63) is 120 Å². The molecule has 3 aromatic carbocycles. The van der Waals surface area contributed by atoms with Crippen molar-refractivity contribution in [1.82, 2.24) is 15.3 Å². The van der Waals surface area contributed by atoms with Gasteiger partial charge in [-0.1, -0.05) is 66.7 Å². The molecule has 0 aliphatic carbocycles. The van der Waals surface area contributed by atoms with Crippen LogP contribution in [0, 0.1) is 11.3 Å². The Morgan fingerprint density at radius 3 is 2.53 bits per heavy atom. The molecule has 0 atom stereocenters. The lowest BCUT2D eigenvalue weighted by molar-refractivity contribution is -0.120. The molecule has 0 unspecified atom stereocenters. The summed E-state index contributed by atoms with van der Waals surface area (Å²) in [6.45, 7) is 1.10. The quantitative estimate of drug-likeness (QED) is 0.205. The molecular formula is C32H29N5O. The van der Waals surface area contributed by atoms with E-state index in [2.05, 4.69) is 38.8 Å². The van der Waals surface area contributed by atoms with E-state index in [4.69, 9.17) is 0 Å². The molecule has 6 nitrogen and oxygen atoms in total. The number of carbonyl (C=O) groups is 1. The number of H-pyrrole nitrogens is 1. The highest BCUT2D eigenvalue weighted by atomic mass is 16.1. The van der Waals surface area contributed by atoms with Crippen molar-refractivity contribution in [2.75, 3.05) is 11.9 Å². The summed E-state index contributed by atoms with van der Waals surface area (Å²) >= 11 is 0. The molecule has 0 bridgehead atoms. The van der Waals surface area contributed by atoms with Gasteiger partial charge in [0.2, 0.25) is 5.91 Å². The van der Waals surface area contributed by atoms with Crippen LogP contribution in [0.5, 0.6) is 0 Å². The van der Waals surface area contributed by atoms with Crippen molar-refractivity contribution in [2.45, 2.75) is 25.8 Å². The van der Waals surface area contributed by atoms with Crippen LogP contribution in [0.25, 0.3) is 22.0 Å². The van der Waals surface area contributed by atoms with Crippen LogP contribution < -0.4 is 10.6 Å². The van der Waals surface area contributed by atoms with E-state index in [-0.39, 0.29) is 12.3 Å². The number of nitrogens with one attached hydrogen (secondary N) is 3. The van der Waals surface area contributed by atoms with Gasteiger partial charge in [0.1, 0.15) is 6.07 Å². The average Bonchev–Trinajstić information content (AvgIpc) is 3.38. The highest BCUT2D eigenvalue weighted by molar-refractivity contribution is 5.86. The van der Waals surface area contributed by atoms with E-state index in [9.17, 15) is 10.1 Å². The van der Waals surface area contributed by atoms with Gasteiger partial charge in [0.15, 0.2) is 0 Å². The van der Waals surface area contributed by atoms with Crippen molar-refractivity contribution in [1.29, 1.82) is 5.26 Å². The van der Waals surface area contributed by atoms with E-state index < -0.39 is 0 Å². The Labute approximate surface area is 222 Å². The van der Waals surface area contributed by atoms with Crippen LogP contribution in [0.2, 0.25) is 0 Å². The molecule has 38 heavy (non-hydrogen) atoms. The Bertz CT molecular complexity index is 1540. The molecule has 5 rings (SSSR count). The van der Waals surface area contributed by atoms with Gasteiger partial charge < -0.3 is 15.6 Å². The number of amides is 1. The van der Waals surface area contributed by atoms with Crippen LogP contribution in [0.1, 0.15) is 28.8 Å². The van der Waals surface area contributed by atoms with Crippen molar-refractivity contribution >= 4 is 22.5 Å². The fourth-order valence-corrected chi connectivity index (χ4v) is 4.70. The van der Waals surface area contributed by atoms with Gasteiger partial charge in [0.05, 0.1) is 24.2 Å². The smallest absolute Gasteiger partial charge is 0.224 e. The van der Waals surface area contributed by atoms with Crippen molar-refractivity contribution < 1.29 is 4.79 Å². The minimum absolute atomic E-state index is 0.106. The van der Waals surface area contributed by atoms with Crippen molar-refractivity contribution in [2.24, 2.45) is 0 Å². The maximum Gasteiger partial charge on any atom is 0.224 e. The van der Waals surface area contributed by atoms with Gasteiger partial charge in [-0.15, -0.1) is 0 Å². The van der Waals surface area contributed by atoms with Crippen LogP contribution in [-0.2, 0) is 24.2 Å². The second kappa shape index (κ2) is 11.9. The summed E-state index contributed by atoms with van der Waals surface area (Å²) in [4.78, 5) is 20.6. The summed E-state index contributed by atoms with van der Waals surface area (Å²) in [6, 6.07) is 30.5. The maximum atomic E-state index is 13.1. The van der Waals surface area contributed by atoms with Gasteiger partial charge in [-0.3, -0.25) is 9.78 Å². The predicted molar refractivity (Wildman–Crippen MR) is 151 cm³/mol. The zero-order valence-electron chi connectivity index (χ0n) is 21.1. The fourth-order valence-electron chi connectivity index (χ4n) is 4.70. The standard InChI is InChI=1S/C32H29N5O/c33-20-29-28(19-32(38)36-22-26-18-25-21-34-17-15-30(25)37-26)27(24-11-5-2-6-12-24)13-14-31(29)35-16-7-10-23-8-3-1-4-9-23/h1-6,8-9,11-15,17-18,21,35,37H,7,10,16,19,22H2,(H,36,38). The van der Waals surface area contributed by atoms with E-state index in [0.717, 1.165) is 58.4 Å². The van der Waals surface area contributed by atoms with E-state index >= 15 is 0 Å². The van der Waals surface area contributed by atoms with E-state index in [1.807, 2.05) is 72.8 Å². The number of fused-ring (bicyclic) bond motifs is 1. The summed E-state index contributed by atoms with van der Waals surface area (Å²) < 4.78 is 0. The third kappa shape index (κ3) is 5.91. The van der Waals surface area contributed by atoms with Gasteiger partial charge in [-0.05, 0) is 53.3 Å². The van der Waals surface area contributed by atoms with Gasteiger partial charge in [0, 0.05) is 35.5 Å². The lowest BCUT2D eigenvalue weighted by Gasteiger charge is -2.16. The number of nitrogens with zero attached hydrogens (tertiary/aromatic N) is 2. The highest BCUT2D eigenvalue weighted by Gasteiger charge is 2.18. The molecule has 1 amide bonds. The number of hydrogen-bond acceptors (Lipinski definition) is 4. The largest absolute Gasteiger partial charge is 0.384 e. The SMILES string of the molecule is N#Cc1c(NCCCc2ccccc2)ccc(-c2ccccc2)c1CC(=O)NCc1cc2cnccc2[nH]1. The molecule has 0 saturated carbocycles. The van der Waals surface area contributed by atoms with Crippen LogP contribution in [0.15, 0.2) is 97.3 Å². The number of aryl methyl sites for hydroxylation is 1. The molecule has 5 aromatic rings. The van der Waals surface area contributed by atoms with E-state index in [1.54, 1.807) is 12.4 Å². The summed E-state index contributed by atoms with van der Waals surface area (Å²) in [7, 11) is 0. The van der Waals surface area contributed by atoms with Gasteiger partial charge in [-0.25, -0.2) is 0 Å². The van der Waals surface area contributed by atoms with E-state index in [1.165, 1.54) is 5.56 Å². The third-order valence-electron chi connectivity index (χ3n) is 6.60. The number of aromatic nitrogens is 2.